The van der Waals surface area contributed by atoms with Crippen LogP contribution in [-0.2, 0) is 10.8 Å². The molecule has 15 heavy (non-hydrogen) atoms. The van der Waals surface area contributed by atoms with Gasteiger partial charge in [-0.2, -0.15) is 4.98 Å². The van der Waals surface area contributed by atoms with Crippen LogP contribution >= 0.6 is 27.5 Å². The molecule has 0 aliphatic rings. The summed E-state index contributed by atoms with van der Waals surface area (Å²) in [4.78, 5) is 7.81. The molecular formula is C8H11BrClN3OS. The molecule has 1 heterocycles. The Morgan fingerprint density at radius 1 is 1.73 bits per heavy atom. The molecule has 7 heteroatoms. The third kappa shape index (κ3) is 4.04. The summed E-state index contributed by atoms with van der Waals surface area (Å²) in [6, 6.07) is 0. The van der Waals surface area contributed by atoms with Gasteiger partial charge in [0.25, 0.3) is 0 Å². The van der Waals surface area contributed by atoms with Crippen LogP contribution < -0.4 is 5.32 Å². The number of halogens is 2. The van der Waals surface area contributed by atoms with E-state index in [-0.39, 0.29) is 10.5 Å². The molecule has 84 valence electrons. The van der Waals surface area contributed by atoms with E-state index in [1.165, 1.54) is 0 Å². The number of nitrogens with one attached hydrogen (secondary N) is 1. The molecule has 0 radical (unpaired) electrons. The molecule has 1 aromatic rings. The van der Waals surface area contributed by atoms with Crippen LogP contribution in [0.1, 0.15) is 6.92 Å². The highest BCUT2D eigenvalue weighted by molar-refractivity contribution is 9.10. The first-order valence-corrected chi connectivity index (χ1v) is 7.04. The normalized spacial score (nSPS) is 14.7. The number of anilines is 1. The molecule has 0 amide bonds. The van der Waals surface area contributed by atoms with Gasteiger partial charge in [-0.05, 0) is 34.5 Å². The predicted octanol–water partition coefficient (Wildman–Crippen LogP) is 2.07. The van der Waals surface area contributed by atoms with Gasteiger partial charge in [0.05, 0.1) is 4.47 Å². The van der Waals surface area contributed by atoms with Gasteiger partial charge >= 0.3 is 0 Å². The highest BCUT2D eigenvalue weighted by Gasteiger charge is 2.08. The van der Waals surface area contributed by atoms with E-state index in [0.717, 1.165) is 4.47 Å². The van der Waals surface area contributed by atoms with Crippen LogP contribution in [0, 0.1) is 0 Å². The highest BCUT2D eigenvalue weighted by Crippen LogP contribution is 2.19. The monoisotopic (exact) mass is 311 g/mol. The van der Waals surface area contributed by atoms with Crippen LogP contribution in [0.3, 0.4) is 0 Å². The van der Waals surface area contributed by atoms with Gasteiger partial charge in [0.1, 0.15) is 5.82 Å². The maximum atomic E-state index is 11.1. The Balaban J connectivity index is 2.65. The van der Waals surface area contributed by atoms with Gasteiger partial charge in [-0.25, -0.2) is 4.98 Å². The van der Waals surface area contributed by atoms with E-state index in [1.54, 1.807) is 12.5 Å². The Labute approximate surface area is 104 Å². The zero-order chi connectivity index (χ0) is 11.4. The van der Waals surface area contributed by atoms with E-state index in [4.69, 9.17) is 11.6 Å². The number of rotatable bonds is 4. The van der Waals surface area contributed by atoms with E-state index in [9.17, 15) is 4.21 Å². The number of aromatic nitrogens is 2. The third-order valence-corrected chi connectivity index (χ3v) is 3.90. The van der Waals surface area contributed by atoms with Gasteiger partial charge < -0.3 is 5.32 Å². The fraction of sp³-hybridized carbons (Fsp3) is 0.500. The molecule has 0 aliphatic heterocycles. The lowest BCUT2D eigenvalue weighted by Gasteiger charge is -2.11. The standard InChI is InChI=1S/C8H11BrClN3OS/c1-5(15(2)14)3-11-7-6(9)4-12-8(10)13-7/h4-5H,3H2,1-2H3,(H,11,12,13). The first kappa shape index (κ1) is 12.9. The number of nitrogens with zero attached hydrogens (tertiary/aromatic N) is 2. The Kier molecular flexibility index (Phi) is 4.95. The summed E-state index contributed by atoms with van der Waals surface area (Å²) in [6.45, 7) is 2.48. The maximum Gasteiger partial charge on any atom is 0.224 e. The summed E-state index contributed by atoms with van der Waals surface area (Å²) in [7, 11) is -0.850. The van der Waals surface area contributed by atoms with Gasteiger partial charge in [-0.15, -0.1) is 0 Å². The summed E-state index contributed by atoms with van der Waals surface area (Å²) in [5.74, 6) is 0.618. The first-order valence-electron chi connectivity index (χ1n) is 4.25. The van der Waals surface area contributed by atoms with Crippen LogP contribution in [0.5, 0.6) is 0 Å². The molecular weight excluding hydrogens is 302 g/mol. The molecule has 0 bridgehead atoms. The molecule has 4 nitrogen and oxygen atoms in total. The second kappa shape index (κ2) is 5.77. The van der Waals surface area contributed by atoms with Crippen molar-refractivity contribution in [3.05, 3.63) is 16.0 Å². The lowest BCUT2D eigenvalue weighted by atomic mass is 10.4. The topological polar surface area (TPSA) is 54.9 Å². The molecule has 2 unspecified atom stereocenters. The molecule has 0 saturated carbocycles. The van der Waals surface area contributed by atoms with Crippen LogP contribution in [0.4, 0.5) is 5.82 Å². The Hall–Kier alpha value is -0.200. The SMILES string of the molecule is CC(CNc1nc(Cl)ncc1Br)S(C)=O. The Bertz CT molecular complexity index is 377. The van der Waals surface area contributed by atoms with Gasteiger partial charge in [-0.3, -0.25) is 4.21 Å². The number of hydrogen-bond acceptors (Lipinski definition) is 4. The van der Waals surface area contributed by atoms with Crippen molar-refractivity contribution >= 4 is 44.1 Å². The van der Waals surface area contributed by atoms with Crippen LogP contribution in [0.25, 0.3) is 0 Å². The summed E-state index contributed by atoms with van der Waals surface area (Å²) in [6.07, 6.45) is 3.25. The minimum atomic E-state index is -0.850. The molecule has 0 fully saturated rings. The van der Waals surface area contributed by atoms with Crippen LogP contribution in [0.2, 0.25) is 5.28 Å². The number of hydrogen-bond donors (Lipinski definition) is 1. The lowest BCUT2D eigenvalue weighted by Crippen LogP contribution is -2.21. The summed E-state index contributed by atoms with van der Waals surface area (Å²) < 4.78 is 11.9. The largest absolute Gasteiger partial charge is 0.368 e. The molecule has 2 atom stereocenters. The molecule has 0 saturated heterocycles. The zero-order valence-electron chi connectivity index (χ0n) is 8.33. The summed E-state index contributed by atoms with van der Waals surface area (Å²) in [5, 5.41) is 3.31. The first-order chi connectivity index (χ1) is 7.00. The van der Waals surface area contributed by atoms with Crippen molar-refractivity contribution in [2.24, 2.45) is 0 Å². The minimum absolute atomic E-state index is 0.0608. The average molecular weight is 313 g/mol. The van der Waals surface area contributed by atoms with Crippen molar-refractivity contribution in [2.75, 3.05) is 18.1 Å². The van der Waals surface area contributed by atoms with E-state index >= 15 is 0 Å². The van der Waals surface area contributed by atoms with Crippen molar-refractivity contribution < 1.29 is 4.21 Å². The van der Waals surface area contributed by atoms with E-state index in [2.05, 4.69) is 31.2 Å². The Morgan fingerprint density at radius 2 is 2.40 bits per heavy atom. The fourth-order valence-electron chi connectivity index (χ4n) is 0.827. The Morgan fingerprint density at radius 3 is 3.00 bits per heavy atom. The lowest BCUT2D eigenvalue weighted by molar-refractivity contribution is 0.678. The van der Waals surface area contributed by atoms with Crippen molar-refractivity contribution in [2.45, 2.75) is 12.2 Å². The van der Waals surface area contributed by atoms with Gasteiger partial charge in [0, 0.05) is 35.0 Å². The highest BCUT2D eigenvalue weighted by atomic mass is 79.9. The molecule has 0 aromatic carbocycles. The molecule has 0 spiro atoms. The fourth-order valence-corrected chi connectivity index (χ4v) is 1.61. The average Bonchev–Trinajstić information content (AvgIpc) is 2.18. The summed E-state index contributed by atoms with van der Waals surface area (Å²) >= 11 is 8.95. The zero-order valence-corrected chi connectivity index (χ0v) is 11.5. The van der Waals surface area contributed by atoms with E-state index in [0.29, 0.717) is 12.4 Å². The molecule has 0 aliphatic carbocycles. The van der Waals surface area contributed by atoms with E-state index < -0.39 is 10.8 Å². The van der Waals surface area contributed by atoms with Crippen LogP contribution in [-0.4, -0.2) is 32.2 Å². The van der Waals surface area contributed by atoms with Crippen molar-refractivity contribution in [1.29, 1.82) is 0 Å². The smallest absolute Gasteiger partial charge is 0.224 e. The molecule has 1 N–H and O–H groups in total. The van der Waals surface area contributed by atoms with Gasteiger partial charge in [-0.1, -0.05) is 0 Å². The van der Waals surface area contributed by atoms with Crippen LogP contribution in [0.15, 0.2) is 10.7 Å². The van der Waals surface area contributed by atoms with Gasteiger partial charge in [0.15, 0.2) is 0 Å². The second-order valence-electron chi connectivity index (χ2n) is 3.03. The second-order valence-corrected chi connectivity index (χ2v) is 6.02. The van der Waals surface area contributed by atoms with Crippen molar-refractivity contribution in [3.63, 3.8) is 0 Å². The molecule has 1 rings (SSSR count). The maximum absolute atomic E-state index is 11.1. The van der Waals surface area contributed by atoms with E-state index in [1.807, 2.05) is 6.92 Å². The van der Waals surface area contributed by atoms with Gasteiger partial charge in [0.2, 0.25) is 5.28 Å². The minimum Gasteiger partial charge on any atom is -0.368 e. The quantitative estimate of drug-likeness (QED) is 0.865. The third-order valence-electron chi connectivity index (χ3n) is 1.84. The predicted molar refractivity (Wildman–Crippen MR) is 66.8 cm³/mol. The summed E-state index contributed by atoms with van der Waals surface area (Å²) in [5.41, 5.74) is 0. The molecule has 1 aromatic heterocycles. The van der Waals surface area contributed by atoms with Crippen molar-refractivity contribution in [3.8, 4) is 0 Å². The van der Waals surface area contributed by atoms with Crippen molar-refractivity contribution in [1.82, 2.24) is 9.97 Å².